The molecular weight excluding hydrogens is 288 g/mol. The van der Waals surface area contributed by atoms with E-state index in [0.29, 0.717) is 17.4 Å². The van der Waals surface area contributed by atoms with E-state index in [1.807, 2.05) is 18.2 Å². The highest BCUT2D eigenvalue weighted by Gasteiger charge is 2.11. The Labute approximate surface area is 129 Å². The summed E-state index contributed by atoms with van der Waals surface area (Å²) in [5.41, 5.74) is 1.44. The Morgan fingerprint density at radius 3 is 2.57 bits per heavy atom. The average molecular weight is 305 g/mol. The van der Waals surface area contributed by atoms with E-state index in [2.05, 4.69) is 12.1 Å². The lowest BCUT2D eigenvalue weighted by atomic mass is 10.1. The first-order valence-electron chi connectivity index (χ1n) is 6.86. The minimum Gasteiger partial charge on any atom is -0.493 e. The standard InChI is InChI=1S/C17H17ClO3/c18-14-9-10-15(17(19)20)16(12-14)21-11-5-4-8-13-6-2-1-3-7-13/h1-3,6-7,9-10,12H,4-5,8,11H2,(H,19,20). The SMILES string of the molecule is O=C(O)c1ccc(Cl)cc1OCCCCc1ccccc1. The van der Waals surface area contributed by atoms with Crippen LogP contribution >= 0.6 is 11.6 Å². The van der Waals surface area contributed by atoms with Gasteiger partial charge < -0.3 is 9.84 Å². The summed E-state index contributed by atoms with van der Waals surface area (Å²) in [6.45, 7) is 0.480. The van der Waals surface area contributed by atoms with Crippen molar-refractivity contribution in [2.75, 3.05) is 6.61 Å². The predicted molar refractivity (Wildman–Crippen MR) is 83.3 cm³/mol. The lowest BCUT2D eigenvalue weighted by Crippen LogP contribution is -2.04. The van der Waals surface area contributed by atoms with E-state index in [1.165, 1.54) is 11.6 Å². The van der Waals surface area contributed by atoms with Crippen LogP contribution in [0.1, 0.15) is 28.8 Å². The van der Waals surface area contributed by atoms with Gasteiger partial charge in [0.05, 0.1) is 6.61 Å². The summed E-state index contributed by atoms with van der Waals surface area (Å²) in [4.78, 5) is 11.1. The van der Waals surface area contributed by atoms with Crippen molar-refractivity contribution >= 4 is 17.6 Å². The van der Waals surface area contributed by atoms with E-state index in [0.717, 1.165) is 19.3 Å². The minimum absolute atomic E-state index is 0.141. The Morgan fingerprint density at radius 2 is 1.86 bits per heavy atom. The number of unbranched alkanes of at least 4 members (excludes halogenated alkanes) is 1. The number of hydrogen-bond donors (Lipinski definition) is 1. The number of ether oxygens (including phenoxy) is 1. The summed E-state index contributed by atoms with van der Waals surface area (Å²) in [6, 6.07) is 14.8. The van der Waals surface area contributed by atoms with Gasteiger partial charge in [0.15, 0.2) is 0 Å². The Balaban J connectivity index is 1.81. The summed E-state index contributed by atoms with van der Waals surface area (Å²) in [5, 5.41) is 9.56. The van der Waals surface area contributed by atoms with Crippen LogP contribution in [0.3, 0.4) is 0 Å². The Kier molecular flexibility index (Phi) is 5.64. The second-order valence-corrected chi connectivity index (χ2v) is 5.17. The Bertz CT molecular complexity index is 596. The molecule has 0 radical (unpaired) electrons. The van der Waals surface area contributed by atoms with Gasteiger partial charge in [-0.15, -0.1) is 0 Å². The molecule has 3 nitrogen and oxygen atoms in total. The normalized spacial score (nSPS) is 10.3. The number of carboxylic acids is 1. The molecule has 0 heterocycles. The first-order valence-corrected chi connectivity index (χ1v) is 7.24. The van der Waals surface area contributed by atoms with Gasteiger partial charge in [0, 0.05) is 5.02 Å². The molecule has 2 aromatic carbocycles. The third-order valence-corrected chi connectivity index (χ3v) is 3.37. The zero-order valence-corrected chi connectivity index (χ0v) is 12.3. The third-order valence-electron chi connectivity index (χ3n) is 3.13. The second-order valence-electron chi connectivity index (χ2n) is 4.74. The average Bonchev–Trinajstić information content (AvgIpc) is 2.48. The molecule has 2 rings (SSSR count). The lowest BCUT2D eigenvalue weighted by Gasteiger charge is -2.09. The first kappa shape index (κ1) is 15.4. The summed E-state index contributed by atoms with van der Waals surface area (Å²) in [7, 11) is 0. The first-order chi connectivity index (χ1) is 10.2. The van der Waals surface area contributed by atoms with Gasteiger partial charge in [0.25, 0.3) is 0 Å². The van der Waals surface area contributed by atoms with E-state index in [4.69, 9.17) is 21.4 Å². The number of aryl methyl sites for hydroxylation is 1. The molecule has 0 spiro atoms. The van der Waals surface area contributed by atoms with Crippen molar-refractivity contribution < 1.29 is 14.6 Å². The number of hydrogen-bond acceptors (Lipinski definition) is 2. The molecule has 0 bridgehead atoms. The van der Waals surface area contributed by atoms with Crippen LogP contribution in [0.25, 0.3) is 0 Å². The van der Waals surface area contributed by atoms with Crippen LogP contribution in [0, 0.1) is 0 Å². The van der Waals surface area contributed by atoms with Gasteiger partial charge in [-0.25, -0.2) is 4.79 Å². The van der Waals surface area contributed by atoms with Crippen LogP contribution in [0.5, 0.6) is 5.75 Å². The second kappa shape index (κ2) is 7.70. The molecule has 1 N–H and O–H groups in total. The molecule has 0 atom stereocenters. The topological polar surface area (TPSA) is 46.5 Å². The van der Waals surface area contributed by atoms with Crippen molar-refractivity contribution in [3.05, 3.63) is 64.7 Å². The minimum atomic E-state index is -1.01. The van der Waals surface area contributed by atoms with E-state index in [9.17, 15) is 4.79 Å². The van der Waals surface area contributed by atoms with Crippen LogP contribution in [-0.2, 0) is 6.42 Å². The monoisotopic (exact) mass is 304 g/mol. The zero-order chi connectivity index (χ0) is 15.1. The summed E-state index contributed by atoms with van der Waals surface area (Å²) in [6.07, 6.45) is 2.85. The summed E-state index contributed by atoms with van der Waals surface area (Å²) >= 11 is 5.87. The van der Waals surface area contributed by atoms with Gasteiger partial charge in [-0.2, -0.15) is 0 Å². The summed E-state index contributed by atoms with van der Waals surface area (Å²) in [5.74, 6) is -0.680. The van der Waals surface area contributed by atoms with Crippen LogP contribution in [0.4, 0.5) is 0 Å². The maximum atomic E-state index is 11.1. The molecule has 4 heteroatoms. The van der Waals surface area contributed by atoms with Crippen molar-refractivity contribution in [1.29, 1.82) is 0 Å². The van der Waals surface area contributed by atoms with Gasteiger partial charge >= 0.3 is 5.97 Å². The van der Waals surface area contributed by atoms with Gasteiger partial charge in [0.1, 0.15) is 11.3 Å². The van der Waals surface area contributed by atoms with Crippen molar-refractivity contribution in [3.8, 4) is 5.75 Å². The largest absolute Gasteiger partial charge is 0.493 e. The molecule has 0 saturated carbocycles. The molecule has 0 fully saturated rings. The molecule has 0 unspecified atom stereocenters. The lowest BCUT2D eigenvalue weighted by molar-refractivity contribution is 0.0692. The highest BCUT2D eigenvalue weighted by Crippen LogP contribution is 2.23. The molecule has 0 aliphatic heterocycles. The summed E-state index contributed by atoms with van der Waals surface area (Å²) < 4.78 is 5.55. The number of aromatic carboxylic acids is 1. The van der Waals surface area contributed by atoms with Gasteiger partial charge in [0.2, 0.25) is 0 Å². The van der Waals surface area contributed by atoms with Crippen LogP contribution < -0.4 is 4.74 Å². The fraction of sp³-hybridized carbons (Fsp3) is 0.235. The molecule has 0 aliphatic rings. The van der Waals surface area contributed by atoms with Crippen molar-refractivity contribution in [2.45, 2.75) is 19.3 Å². The highest BCUT2D eigenvalue weighted by molar-refractivity contribution is 6.30. The maximum absolute atomic E-state index is 11.1. The molecule has 0 saturated heterocycles. The van der Waals surface area contributed by atoms with Crippen molar-refractivity contribution in [3.63, 3.8) is 0 Å². The predicted octanol–water partition coefficient (Wildman–Crippen LogP) is 4.44. The quantitative estimate of drug-likeness (QED) is 0.769. The van der Waals surface area contributed by atoms with Crippen molar-refractivity contribution in [1.82, 2.24) is 0 Å². The van der Waals surface area contributed by atoms with Gasteiger partial charge in [-0.05, 0) is 43.0 Å². The molecule has 0 aliphatic carbocycles. The number of rotatable bonds is 7. The smallest absolute Gasteiger partial charge is 0.339 e. The van der Waals surface area contributed by atoms with Gasteiger partial charge in [-0.3, -0.25) is 0 Å². The fourth-order valence-corrected chi connectivity index (χ4v) is 2.21. The Hall–Kier alpha value is -2.00. The maximum Gasteiger partial charge on any atom is 0.339 e. The van der Waals surface area contributed by atoms with E-state index in [-0.39, 0.29) is 5.56 Å². The third kappa shape index (κ3) is 4.80. The number of carbonyl (C=O) groups is 1. The van der Waals surface area contributed by atoms with E-state index >= 15 is 0 Å². The van der Waals surface area contributed by atoms with Crippen LogP contribution in [0.2, 0.25) is 5.02 Å². The van der Waals surface area contributed by atoms with E-state index < -0.39 is 5.97 Å². The number of halogens is 1. The zero-order valence-electron chi connectivity index (χ0n) is 11.6. The molecule has 110 valence electrons. The highest BCUT2D eigenvalue weighted by atomic mass is 35.5. The van der Waals surface area contributed by atoms with Crippen molar-refractivity contribution in [2.24, 2.45) is 0 Å². The molecule has 2 aromatic rings. The Morgan fingerprint density at radius 1 is 1.10 bits per heavy atom. The molecule has 0 aromatic heterocycles. The molecule has 0 amide bonds. The number of benzene rings is 2. The van der Waals surface area contributed by atoms with E-state index in [1.54, 1.807) is 12.1 Å². The van der Waals surface area contributed by atoms with Gasteiger partial charge in [-0.1, -0.05) is 41.9 Å². The molecular formula is C17H17ClO3. The van der Waals surface area contributed by atoms with Crippen LogP contribution in [0.15, 0.2) is 48.5 Å². The fourth-order valence-electron chi connectivity index (χ4n) is 2.05. The number of carboxylic acid groups (broad SMARTS) is 1. The molecule has 21 heavy (non-hydrogen) atoms. The van der Waals surface area contributed by atoms with Crippen LogP contribution in [-0.4, -0.2) is 17.7 Å².